The summed E-state index contributed by atoms with van der Waals surface area (Å²) in [6.07, 6.45) is 2.35. The fraction of sp³-hybridized carbons (Fsp3) is 0.316. The Morgan fingerprint density at radius 1 is 1.17 bits per heavy atom. The number of nitrogens with one attached hydrogen (secondary N) is 2. The predicted octanol–water partition coefficient (Wildman–Crippen LogP) is 3.65. The van der Waals surface area contributed by atoms with Crippen LogP contribution in [0.1, 0.15) is 30.0 Å². The van der Waals surface area contributed by atoms with Crippen LogP contribution >= 0.6 is 0 Å². The fourth-order valence-corrected chi connectivity index (χ4v) is 2.72. The Kier molecular flexibility index (Phi) is 4.81. The van der Waals surface area contributed by atoms with Crippen LogP contribution in [0.3, 0.4) is 0 Å². The second-order valence-electron chi connectivity index (χ2n) is 5.90. The molecule has 2 N–H and O–H groups in total. The van der Waals surface area contributed by atoms with Gasteiger partial charge in [0.25, 0.3) is 0 Å². The molecular formula is C19H22N2O2. The molecule has 2 aromatic rings. The molecular weight excluding hydrogens is 288 g/mol. The monoisotopic (exact) mass is 310 g/mol. The van der Waals surface area contributed by atoms with Gasteiger partial charge >= 0.3 is 6.03 Å². The van der Waals surface area contributed by atoms with Gasteiger partial charge in [-0.05, 0) is 42.0 Å². The second-order valence-corrected chi connectivity index (χ2v) is 5.90. The molecule has 3 rings (SSSR count). The highest BCUT2D eigenvalue weighted by molar-refractivity contribution is 5.74. The first-order valence-electron chi connectivity index (χ1n) is 7.98. The first-order chi connectivity index (χ1) is 11.3. The summed E-state index contributed by atoms with van der Waals surface area (Å²) in [7, 11) is 1.64. The Bertz CT molecular complexity index is 653. The number of benzene rings is 2. The minimum absolute atomic E-state index is 0.0986. The zero-order chi connectivity index (χ0) is 16.1. The lowest BCUT2D eigenvalue weighted by atomic mass is 10.0. The highest BCUT2D eigenvalue weighted by Gasteiger charge is 2.33. The Labute approximate surface area is 136 Å². The quantitative estimate of drug-likeness (QED) is 0.855. The molecule has 0 spiro atoms. The van der Waals surface area contributed by atoms with Crippen LogP contribution in [0, 0.1) is 5.92 Å². The van der Waals surface area contributed by atoms with E-state index in [1.54, 1.807) is 7.11 Å². The van der Waals surface area contributed by atoms with Gasteiger partial charge in [-0.3, -0.25) is 0 Å². The van der Waals surface area contributed by atoms with Crippen molar-refractivity contribution in [3.63, 3.8) is 0 Å². The van der Waals surface area contributed by atoms with Crippen molar-refractivity contribution in [2.24, 2.45) is 5.92 Å². The van der Waals surface area contributed by atoms with Crippen LogP contribution in [0.25, 0.3) is 0 Å². The van der Waals surface area contributed by atoms with E-state index in [-0.39, 0.29) is 12.1 Å². The second kappa shape index (κ2) is 7.18. The molecule has 1 atom stereocenters. The SMILES string of the molecule is COc1cccc(CNC(=O)N[C@H](c2ccccc2)C2CC2)c1. The first-order valence-corrected chi connectivity index (χ1v) is 7.98. The van der Waals surface area contributed by atoms with Crippen molar-refractivity contribution in [2.75, 3.05) is 7.11 Å². The summed E-state index contributed by atoms with van der Waals surface area (Å²) in [5.41, 5.74) is 2.19. The lowest BCUT2D eigenvalue weighted by Crippen LogP contribution is -2.38. The van der Waals surface area contributed by atoms with E-state index in [4.69, 9.17) is 4.74 Å². The van der Waals surface area contributed by atoms with Crippen LogP contribution in [-0.2, 0) is 6.54 Å². The number of hydrogen-bond donors (Lipinski definition) is 2. The Morgan fingerprint density at radius 2 is 1.96 bits per heavy atom. The van der Waals surface area contributed by atoms with Gasteiger partial charge in [-0.1, -0.05) is 42.5 Å². The number of methoxy groups -OCH3 is 1. The molecule has 0 aromatic heterocycles. The number of carbonyl (C=O) groups is 1. The molecule has 0 heterocycles. The van der Waals surface area contributed by atoms with Crippen LogP contribution < -0.4 is 15.4 Å². The standard InChI is InChI=1S/C19H22N2O2/c1-23-17-9-5-6-14(12-17)13-20-19(22)21-18(16-10-11-16)15-7-3-2-4-8-15/h2-9,12,16,18H,10-11,13H2,1H3,(H2,20,21,22)/t18-/m1/s1. The average Bonchev–Trinajstić information content (AvgIpc) is 3.44. The van der Waals surface area contributed by atoms with E-state index in [1.807, 2.05) is 42.5 Å². The van der Waals surface area contributed by atoms with Crippen molar-refractivity contribution in [1.29, 1.82) is 0 Å². The Balaban J connectivity index is 1.57. The molecule has 1 fully saturated rings. The van der Waals surface area contributed by atoms with Crippen molar-refractivity contribution < 1.29 is 9.53 Å². The molecule has 23 heavy (non-hydrogen) atoms. The van der Waals surface area contributed by atoms with Crippen molar-refractivity contribution >= 4 is 6.03 Å². The maximum Gasteiger partial charge on any atom is 0.315 e. The number of carbonyl (C=O) groups excluding carboxylic acids is 1. The highest BCUT2D eigenvalue weighted by Crippen LogP contribution is 2.40. The zero-order valence-corrected chi connectivity index (χ0v) is 13.3. The number of rotatable bonds is 6. The molecule has 4 heteroatoms. The van der Waals surface area contributed by atoms with E-state index in [2.05, 4.69) is 22.8 Å². The van der Waals surface area contributed by atoms with E-state index in [0.29, 0.717) is 12.5 Å². The third-order valence-corrected chi connectivity index (χ3v) is 4.13. The molecule has 0 bridgehead atoms. The van der Waals surface area contributed by atoms with Crippen LogP contribution in [0.5, 0.6) is 5.75 Å². The third-order valence-electron chi connectivity index (χ3n) is 4.13. The van der Waals surface area contributed by atoms with Gasteiger partial charge in [0, 0.05) is 6.54 Å². The Hall–Kier alpha value is -2.49. The summed E-state index contributed by atoms with van der Waals surface area (Å²) < 4.78 is 5.20. The van der Waals surface area contributed by atoms with Crippen molar-refractivity contribution in [2.45, 2.75) is 25.4 Å². The fourth-order valence-electron chi connectivity index (χ4n) is 2.72. The molecule has 2 amide bonds. The minimum Gasteiger partial charge on any atom is -0.497 e. The van der Waals surface area contributed by atoms with E-state index < -0.39 is 0 Å². The molecule has 0 saturated heterocycles. The van der Waals surface area contributed by atoms with Crippen molar-refractivity contribution in [3.8, 4) is 5.75 Å². The molecule has 2 aromatic carbocycles. The van der Waals surface area contributed by atoms with Crippen LogP contribution in [0.4, 0.5) is 4.79 Å². The first kappa shape index (κ1) is 15.4. The molecule has 0 radical (unpaired) electrons. The summed E-state index contributed by atoms with van der Waals surface area (Å²) in [5.74, 6) is 1.35. The Morgan fingerprint density at radius 3 is 2.65 bits per heavy atom. The molecule has 0 aliphatic heterocycles. The van der Waals surface area contributed by atoms with Gasteiger partial charge in [0.15, 0.2) is 0 Å². The lowest BCUT2D eigenvalue weighted by molar-refractivity contribution is 0.235. The maximum absolute atomic E-state index is 12.2. The van der Waals surface area contributed by atoms with Gasteiger partial charge in [-0.15, -0.1) is 0 Å². The van der Waals surface area contributed by atoms with Crippen LogP contribution in [0.2, 0.25) is 0 Å². The van der Waals surface area contributed by atoms with Gasteiger partial charge in [-0.25, -0.2) is 4.79 Å². The molecule has 120 valence electrons. The van der Waals surface area contributed by atoms with Gasteiger partial charge in [0.2, 0.25) is 0 Å². The summed E-state index contributed by atoms with van der Waals surface area (Å²) in [6, 6.07) is 17.9. The van der Waals surface area contributed by atoms with Crippen molar-refractivity contribution in [1.82, 2.24) is 10.6 Å². The molecule has 1 saturated carbocycles. The largest absolute Gasteiger partial charge is 0.497 e. The van der Waals surface area contributed by atoms with Crippen molar-refractivity contribution in [3.05, 3.63) is 65.7 Å². The molecule has 1 aliphatic carbocycles. The summed E-state index contributed by atoms with van der Waals surface area (Å²) in [6.45, 7) is 0.481. The smallest absolute Gasteiger partial charge is 0.315 e. The molecule has 0 unspecified atom stereocenters. The van der Waals surface area contributed by atoms with E-state index in [0.717, 1.165) is 11.3 Å². The summed E-state index contributed by atoms with van der Waals surface area (Å²) in [5, 5.41) is 6.04. The van der Waals surface area contributed by atoms with E-state index in [9.17, 15) is 4.79 Å². The number of hydrogen-bond acceptors (Lipinski definition) is 2. The van der Waals surface area contributed by atoms with Gasteiger partial charge in [-0.2, -0.15) is 0 Å². The topological polar surface area (TPSA) is 50.4 Å². The van der Waals surface area contributed by atoms with Gasteiger partial charge < -0.3 is 15.4 Å². The average molecular weight is 310 g/mol. The summed E-state index contributed by atoms with van der Waals surface area (Å²) in [4.78, 5) is 12.2. The number of amides is 2. The van der Waals surface area contributed by atoms with E-state index >= 15 is 0 Å². The normalized spacial score (nSPS) is 14.8. The third kappa shape index (κ3) is 4.25. The van der Waals surface area contributed by atoms with Gasteiger partial charge in [0.05, 0.1) is 13.2 Å². The highest BCUT2D eigenvalue weighted by atomic mass is 16.5. The van der Waals surface area contributed by atoms with Crippen LogP contribution in [-0.4, -0.2) is 13.1 Å². The van der Waals surface area contributed by atoms with Gasteiger partial charge in [0.1, 0.15) is 5.75 Å². The predicted molar refractivity (Wildman–Crippen MR) is 90.3 cm³/mol. The molecule has 1 aliphatic rings. The maximum atomic E-state index is 12.2. The number of urea groups is 1. The molecule has 4 nitrogen and oxygen atoms in total. The lowest BCUT2D eigenvalue weighted by Gasteiger charge is -2.19. The minimum atomic E-state index is -0.131. The number of ether oxygens (including phenoxy) is 1. The van der Waals surface area contributed by atoms with Crippen LogP contribution in [0.15, 0.2) is 54.6 Å². The zero-order valence-electron chi connectivity index (χ0n) is 13.3. The summed E-state index contributed by atoms with van der Waals surface area (Å²) >= 11 is 0. The van der Waals surface area contributed by atoms with E-state index in [1.165, 1.54) is 18.4 Å².